The van der Waals surface area contributed by atoms with Gasteiger partial charge in [0.15, 0.2) is 5.60 Å². The van der Waals surface area contributed by atoms with Crippen LogP contribution in [0, 0.1) is 11.8 Å². The van der Waals surface area contributed by atoms with E-state index in [1.165, 1.54) is 16.0 Å². The number of aliphatic carboxylic acids is 1. The highest BCUT2D eigenvalue weighted by atomic mass is 35.5. The number of carboxylic acid groups (broad SMARTS) is 1. The Labute approximate surface area is 251 Å². The van der Waals surface area contributed by atoms with Crippen molar-refractivity contribution in [1.29, 1.82) is 0 Å². The number of aliphatic hydroxyl groups is 2. The van der Waals surface area contributed by atoms with Gasteiger partial charge in [-0.2, -0.15) is 0 Å². The van der Waals surface area contributed by atoms with E-state index >= 15 is 0 Å². The summed E-state index contributed by atoms with van der Waals surface area (Å²) in [7, 11) is 1.60. The molecule has 5 atom stereocenters. The molecule has 42 heavy (non-hydrogen) atoms. The van der Waals surface area contributed by atoms with Crippen molar-refractivity contribution in [1.82, 2.24) is 4.90 Å². The molecular weight excluding hydrogens is 556 g/mol. The Morgan fingerprint density at radius 1 is 1.17 bits per heavy atom. The molecule has 224 valence electrons. The van der Waals surface area contributed by atoms with Crippen molar-refractivity contribution in [3.8, 4) is 5.75 Å². The van der Waals surface area contributed by atoms with Crippen molar-refractivity contribution < 1.29 is 29.6 Å². The van der Waals surface area contributed by atoms with Crippen LogP contribution < -0.4 is 9.64 Å². The molecule has 1 saturated carbocycles. The van der Waals surface area contributed by atoms with Gasteiger partial charge in [-0.05, 0) is 91.3 Å². The van der Waals surface area contributed by atoms with Gasteiger partial charge in [0, 0.05) is 37.1 Å². The lowest BCUT2D eigenvalue weighted by atomic mass is 9.68. The highest BCUT2D eigenvalue weighted by Crippen LogP contribution is 2.47. The first kappa shape index (κ1) is 29.0. The van der Waals surface area contributed by atoms with Gasteiger partial charge in [0.25, 0.3) is 0 Å². The molecule has 2 aromatic carbocycles. The number of halogens is 1. The number of nitrogens with zero attached hydrogens (tertiary/aromatic N) is 2. The van der Waals surface area contributed by atoms with Crippen LogP contribution in [0.2, 0.25) is 5.02 Å². The summed E-state index contributed by atoms with van der Waals surface area (Å²) in [6.07, 6.45) is 7.86. The molecule has 8 nitrogen and oxygen atoms in total. The molecule has 3 N–H and O–H groups in total. The minimum Gasteiger partial charge on any atom is -0.490 e. The van der Waals surface area contributed by atoms with Crippen LogP contribution in [0.5, 0.6) is 5.75 Å². The molecule has 4 aliphatic rings. The molecule has 0 unspecified atom stereocenters. The van der Waals surface area contributed by atoms with Crippen molar-refractivity contribution in [2.75, 3.05) is 38.2 Å². The largest absolute Gasteiger partial charge is 0.490 e. The van der Waals surface area contributed by atoms with Crippen LogP contribution >= 0.6 is 11.6 Å². The average Bonchev–Trinajstić information content (AvgIpc) is 3.09. The first-order valence-electron chi connectivity index (χ1n) is 15.0. The van der Waals surface area contributed by atoms with E-state index in [1.54, 1.807) is 25.2 Å². The van der Waals surface area contributed by atoms with E-state index in [4.69, 9.17) is 16.3 Å². The average molecular weight is 595 g/mol. The van der Waals surface area contributed by atoms with Gasteiger partial charge in [0.1, 0.15) is 5.75 Å². The second kappa shape index (κ2) is 11.2. The first-order chi connectivity index (χ1) is 20.1. The Bertz CT molecular complexity index is 1410. The lowest BCUT2D eigenvalue weighted by Gasteiger charge is -2.45. The second-order valence-electron chi connectivity index (χ2n) is 12.7. The zero-order valence-corrected chi connectivity index (χ0v) is 24.7. The van der Waals surface area contributed by atoms with Gasteiger partial charge < -0.3 is 29.9 Å². The summed E-state index contributed by atoms with van der Waals surface area (Å²) >= 11 is 6.38. The number of fused-ring (bicyclic) bond motifs is 4. The number of amides is 1. The maximum absolute atomic E-state index is 13.1. The summed E-state index contributed by atoms with van der Waals surface area (Å²) < 4.78 is 6.52. The van der Waals surface area contributed by atoms with Crippen molar-refractivity contribution in [2.24, 2.45) is 11.8 Å². The first-order valence-corrected chi connectivity index (χ1v) is 15.3. The van der Waals surface area contributed by atoms with E-state index in [2.05, 4.69) is 11.0 Å². The summed E-state index contributed by atoms with van der Waals surface area (Å²) in [5, 5.41) is 33.5. The van der Waals surface area contributed by atoms with Gasteiger partial charge in [-0.1, -0.05) is 35.9 Å². The van der Waals surface area contributed by atoms with Gasteiger partial charge in [0.2, 0.25) is 5.91 Å². The molecule has 0 radical (unpaired) electrons. The van der Waals surface area contributed by atoms with Gasteiger partial charge in [0.05, 0.1) is 24.8 Å². The number of aliphatic hydroxyl groups excluding tert-OH is 1. The Hall–Kier alpha value is -3.07. The van der Waals surface area contributed by atoms with E-state index in [1.807, 2.05) is 24.3 Å². The van der Waals surface area contributed by atoms with E-state index in [9.17, 15) is 24.9 Å². The Morgan fingerprint density at radius 2 is 2.00 bits per heavy atom. The predicted octanol–water partition coefficient (Wildman–Crippen LogP) is 4.28. The molecule has 0 aromatic heterocycles. The summed E-state index contributed by atoms with van der Waals surface area (Å²) in [4.78, 5) is 29.3. The molecule has 2 aromatic rings. The SMILES string of the molecule is CN1CC/C=C\[C@@H](O)[C@@H]2CC[C@H]2CN2C[C@@]3(CCCc4cc(Cl)ccc43)COc3ccc(cc32)[C@](O)(C(=O)O)CC1=O. The molecule has 1 fully saturated rings. The number of hydrogen-bond donors (Lipinski definition) is 3. The van der Waals surface area contributed by atoms with Crippen LogP contribution in [-0.2, 0) is 27.0 Å². The van der Waals surface area contributed by atoms with Crippen LogP contribution in [0.4, 0.5) is 5.69 Å². The number of anilines is 1. The third-order valence-corrected chi connectivity index (χ3v) is 10.3. The molecule has 1 spiro atoms. The third-order valence-electron chi connectivity index (χ3n) is 10.0. The van der Waals surface area contributed by atoms with Crippen LogP contribution in [0.1, 0.15) is 55.2 Å². The summed E-state index contributed by atoms with van der Waals surface area (Å²) in [5.41, 5.74) is 0.594. The minimum absolute atomic E-state index is 0.105. The zero-order chi connectivity index (χ0) is 29.6. The highest BCUT2D eigenvalue weighted by Gasteiger charge is 2.46. The number of carbonyl (C=O) groups excluding carboxylic acids is 1. The molecule has 6 rings (SSSR count). The quantitative estimate of drug-likeness (QED) is 0.423. The zero-order valence-electron chi connectivity index (χ0n) is 24.0. The van der Waals surface area contributed by atoms with E-state index in [0.717, 1.165) is 32.1 Å². The third kappa shape index (κ3) is 5.18. The van der Waals surface area contributed by atoms with Crippen LogP contribution in [-0.4, -0.2) is 71.5 Å². The lowest BCUT2D eigenvalue weighted by molar-refractivity contribution is -0.164. The fraction of sp³-hybridized carbons (Fsp3) is 0.515. The van der Waals surface area contributed by atoms with Crippen LogP contribution in [0.25, 0.3) is 0 Å². The van der Waals surface area contributed by atoms with E-state index in [0.29, 0.717) is 49.1 Å². The number of ether oxygens (including phenoxy) is 1. The Morgan fingerprint density at radius 3 is 2.76 bits per heavy atom. The summed E-state index contributed by atoms with van der Waals surface area (Å²) in [6.45, 7) is 2.11. The molecule has 1 amide bonds. The number of carboxylic acids is 1. The summed E-state index contributed by atoms with van der Waals surface area (Å²) in [5.74, 6) is -0.985. The maximum atomic E-state index is 13.1. The minimum atomic E-state index is -2.40. The predicted molar refractivity (Wildman–Crippen MR) is 160 cm³/mol. The van der Waals surface area contributed by atoms with Crippen molar-refractivity contribution in [3.05, 3.63) is 70.3 Å². The molecule has 9 heteroatoms. The van der Waals surface area contributed by atoms with Gasteiger partial charge in [-0.25, -0.2) is 4.79 Å². The monoisotopic (exact) mass is 594 g/mol. The maximum Gasteiger partial charge on any atom is 0.340 e. The number of rotatable bonds is 1. The standard InChI is InChI=1S/C33H39ClN2O6/c1-35-14-3-2-6-28(37)25-10-7-22(25)18-36-19-32(13-4-5-21-15-24(34)9-11-26(21)32)20-42-29-12-8-23(16-27(29)36)33(41,31(39)40)17-30(35)38/h2,6,8-9,11-12,15-16,22,25,28,37,41H,3-5,7,10,13-14,17-20H2,1H3,(H,39,40)/b6-2-/t22-,25+,28+,32-,33-/m0/s1. The molecule has 2 heterocycles. The number of carbonyl (C=O) groups is 2. The van der Waals surface area contributed by atoms with Crippen molar-refractivity contribution in [2.45, 2.75) is 62.1 Å². The van der Waals surface area contributed by atoms with Crippen molar-refractivity contribution in [3.63, 3.8) is 0 Å². The van der Waals surface area contributed by atoms with Gasteiger partial charge in [-0.3, -0.25) is 4.79 Å². The smallest absolute Gasteiger partial charge is 0.340 e. The highest BCUT2D eigenvalue weighted by molar-refractivity contribution is 6.30. The van der Waals surface area contributed by atoms with Crippen molar-refractivity contribution >= 4 is 29.2 Å². The second-order valence-corrected chi connectivity index (χ2v) is 13.1. The number of aryl methyl sites for hydroxylation is 1. The number of benzene rings is 2. The van der Waals surface area contributed by atoms with E-state index < -0.39 is 30.0 Å². The van der Waals surface area contributed by atoms with E-state index in [-0.39, 0.29) is 22.8 Å². The topological polar surface area (TPSA) is 111 Å². The fourth-order valence-corrected chi connectivity index (χ4v) is 7.55. The lowest BCUT2D eigenvalue weighted by Crippen LogP contribution is -2.49. The summed E-state index contributed by atoms with van der Waals surface area (Å²) in [6, 6.07) is 11.1. The molecule has 2 aliphatic heterocycles. The normalized spacial score (nSPS) is 32.2. The fourth-order valence-electron chi connectivity index (χ4n) is 7.35. The Balaban J connectivity index is 1.46. The number of hydrogen-bond acceptors (Lipinski definition) is 6. The molecule has 0 saturated heterocycles. The molecule has 2 bridgehead atoms. The Kier molecular flexibility index (Phi) is 7.75. The van der Waals surface area contributed by atoms with Crippen LogP contribution in [0.15, 0.2) is 48.6 Å². The van der Waals surface area contributed by atoms with Gasteiger partial charge >= 0.3 is 5.97 Å². The molecular formula is C33H39ClN2O6. The molecule has 2 aliphatic carbocycles. The van der Waals surface area contributed by atoms with Gasteiger partial charge in [-0.15, -0.1) is 0 Å². The van der Waals surface area contributed by atoms with Crippen LogP contribution in [0.3, 0.4) is 0 Å².